The third-order valence-electron chi connectivity index (χ3n) is 1.93. The van der Waals surface area contributed by atoms with Gasteiger partial charge in [-0.05, 0) is 12.5 Å². The number of nitro benzene ring substituents is 1. The van der Waals surface area contributed by atoms with E-state index in [1.807, 2.05) is 0 Å². The maximum atomic E-state index is 11.3. The molecule has 1 rings (SSSR count). The van der Waals surface area contributed by atoms with Gasteiger partial charge in [-0.3, -0.25) is 14.9 Å². The van der Waals surface area contributed by atoms with E-state index in [-0.39, 0.29) is 12.3 Å². The Morgan fingerprint density at radius 2 is 2.06 bits per heavy atom. The zero-order chi connectivity index (χ0) is 12.1. The second-order valence-corrected chi connectivity index (χ2v) is 3.52. The summed E-state index contributed by atoms with van der Waals surface area (Å²) in [6.07, 6.45) is 0. The summed E-state index contributed by atoms with van der Waals surface area (Å²) in [6, 6.07) is 5.65. The van der Waals surface area contributed by atoms with Gasteiger partial charge < -0.3 is 4.74 Å². The largest absolute Gasteiger partial charge is 0.465 e. The van der Waals surface area contributed by atoms with Crippen molar-refractivity contribution in [3.8, 4) is 0 Å². The van der Waals surface area contributed by atoms with Crippen LogP contribution in [0.5, 0.6) is 0 Å². The third kappa shape index (κ3) is 2.96. The van der Waals surface area contributed by atoms with Gasteiger partial charge >= 0.3 is 5.97 Å². The molecule has 0 bridgehead atoms. The predicted molar refractivity (Wildman–Crippen MR) is 61.5 cm³/mol. The number of non-ortho nitro benzene ring substituents is 1. The van der Waals surface area contributed by atoms with Gasteiger partial charge in [0.1, 0.15) is 5.25 Å². The van der Waals surface area contributed by atoms with Crippen LogP contribution in [0, 0.1) is 10.1 Å². The number of thiol groups is 1. The zero-order valence-electron chi connectivity index (χ0n) is 8.62. The second-order valence-electron chi connectivity index (χ2n) is 3.00. The van der Waals surface area contributed by atoms with Crippen molar-refractivity contribution in [3.63, 3.8) is 0 Å². The highest BCUT2D eigenvalue weighted by molar-refractivity contribution is 7.81. The van der Waals surface area contributed by atoms with Gasteiger partial charge in [0, 0.05) is 12.1 Å². The molecule has 0 heterocycles. The Morgan fingerprint density at radius 1 is 1.50 bits per heavy atom. The van der Waals surface area contributed by atoms with Crippen LogP contribution in [0.2, 0.25) is 0 Å². The molecule has 1 atom stereocenters. The monoisotopic (exact) mass is 241 g/mol. The van der Waals surface area contributed by atoms with Crippen LogP contribution in [0.15, 0.2) is 24.3 Å². The fourth-order valence-corrected chi connectivity index (χ4v) is 1.38. The van der Waals surface area contributed by atoms with Crippen molar-refractivity contribution in [3.05, 3.63) is 39.9 Å². The van der Waals surface area contributed by atoms with Gasteiger partial charge in [-0.15, -0.1) is 0 Å². The number of carbonyl (C=O) groups is 1. The maximum Gasteiger partial charge on any atom is 0.323 e. The Kier molecular flexibility index (Phi) is 4.30. The smallest absolute Gasteiger partial charge is 0.323 e. The maximum absolute atomic E-state index is 11.3. The number of ether oxygens (including phenoxy) is 1. The van der Waals surface area contributed by atoms with E-state index in [1.165, 1.54) is 24.3 Å². The third-order valence-corrected chi connectivity index (χ3v) is 2.44. The minimum Gasteiger partial charge on any atom is -0.465 e. The summed E-state index contributed by atoms with van der Waals surface area (Å²) in [7, 11) is 0. The van der Waals surface area contributed by atoms with E-state index >= 15 is 0 Å². The van der Waals surface area contributed by atoms with E-state index < -0.39 is 16.1 Å². The summed E-state index contributed by atoms with van der Waals surface area (Å²) in [6.45, 7) is 1.98. The molecule has 0 spiro atoms. The summed E-state index contributed by atoms with van der Waals surface area (Å²) in [4.78, 5) is 21.2. The fourth-order valence-electron chi connectivity index (χ4n) is 1.14. The predicted octanol–water partition coefficient (Wildman–Crippen LogP) is 2.13. The number of hydrogen-bond acceptors (Lipinski definition) is 5. The Bertz CT molecular complexity index is 390. The Labute approximate surface area is 98.0 Å². The number of nitrogens with zero attached hydrogens (tertiary/aromatic N) is 1. The number of carbonyl (C=O) groups excluding carboxylic acids is 1. The lowest BCUT2D eigenvalue weighted by Crippen LogP contribution is -2.11. The molecule has 0 aliphatic heterocycles. The Balaban J connectivity index is 2.81. The van der Waals surface area contributed by atoms with Gasteiger partial charge in [-0.2, -0.15) is 12.6 Å². The average Bonchev–Trinajstić information content (AvgIpc) is 2.28. The number of nitro groups is 1. The van der Waals surface area contributed by atoms with Crippen LogP contribution in [0.25, 0.3) is 0 Å². The van der Waals surface area contributed by atoms with Gasteiger partial charge in [0.15, 0.2) is 0 Å². The van der Waals surface area contributed by atoms with Crippen molar-refractivity contribution < 1.29 is 14.5 Å². The summed E-state index contributed by atoms with van der Waals surface area (Å²) in [5, 5.41) is 9.71. The van der Waals surface area contributed by atoms with E-state index in [2.05, 4.69) is 12.6 Å². The molecular weight excluding hydrogens is 230 g/mol. The molecule has 0 fully saturated rings. The molecule has 0 aromatic heterocycles. The molecule has 0 saturated carbocycles. The first-order chi connectivity index (χ1) is 7.56. The zero-order valence-corrected chi connectivity index (χ0v) is 9.52. The van der Waals surface area contributed by atoms with E-state index in [4.69, 9.17) is 4.74 Å². The van der Waals surface area contributed by atoms with Crippen molar-refractivity contribution in [2.45, 2.75) is 12.2 Å². The van der Waals surface area contributed by atoms with Crippen LogP contribution < -0.4 is 0 Å². The van der Waals surface area contributed by atoms with Gasteiger partial charge in [0.25, 0.3) is 5.69 Å². The quantitative estimate of drug-likeness (QED) is 0.379. The number of esters is 1. The Morgan fingerprint density at radius 3 is 2.50 bits per heavy atom. The van der Waals surface area contributed by atoms with E-state index in [9.17, 15) is 14.9 Å². The molecule has 0 aliphatic carbocycles. The first-order valence-electron chi connectivity index (χ1n) is 4.65. The number of benzene rings is 1. The summed E-state index contributed by atoms with van der Waals surface area (Å²) < 4.78 is 4.79. The highest BCUT2D eigenvalue weighted by atomic mass is 32.1. The van der Waals surface area contributed by atoms with Crippen LogP contribution in [0.4, 0.5) is 5.69 Å². The van der Waals surface area contributed by atoms with Crippen molar-refractivity contribution in [2.75, 3.05) is 6.61 Å². The first kappa shape index (κ1) is 12.5. The van der Waals surface area contributed by atoms with Crippen LogP contribution in [0.3, 0.4) is 0 Å². The molecule has 0 radical (unpaired) electrons. The van der Waals surface area contributed by atoms with Gasteiger partial charge in [-0.1, -0.05) is 12.1 Å². The summed E-state index contributed by atoms with van der Waals surface area (Å²) in [5.41, 5.74) is 0.556. The minimum absolute atomic E-state index is 0.0202. The minimum atomic E-state index is -0.708. The lowest BCUT2D eigenvalue weighted by Gasteiger charge is -2.09. The molecular formula is C10H11NO4S. The van der Waals surface area contributed by atoms with Gasteiger partial charge in [0.2, 0.25) is 0 Å². The van der Waals surface area contributed by atoms with Crippen molar-refractivity contribution in [1.82, 2.24) is 0 Å². The lowest BCUT2D eigenvalue weighted by molar-refractivity contribution is -0.384. The van der Waals surface area contributed by atoms with Crippen molar-refractivity contribution in [1.29, 1.82) is 0 Å². The van der Waals surface area contributed by atoms with Crippen LogP contribution in [-0.4, -0.2) is 17.5 Å². The molecule has 1 aromatic rings. The second kappa shape index (κ2) is 5.50. The molecule has 6 heteroatoms. The SMILES string of the molecule is CCOC(=O)C(S)c1ccc([N+](=O)[O-])cc1. The lowest BCUT2D eigenvalue weighted by atomic mass is 10.1. The normalized spacial score (nSPS) is 11.9. The van der Waals surface area contributed by atoms with E-state index in [0.29, 0.717) is 5.56 Å². The van der Waals surface area contributed by atoms with Gasteiger partial charge in [-0.25, -0.2) is 0 Å². The highest BCUT2D eigenvalue weighted by Crippen LogP contribution is 2.23. The van der Waals surface area contributed by atoms with Gasteiger partial charge in [0.05, 0.1) is 11.5 Å². The van der Waals surface area contributed by atoms with Crippen molar-refractivity contribution in [2.24, 2.45) is 0 Å². The highest BCUT2D eigenvalue weighted by Gasteiger charge is 2.18. The molecule has 5 nitrogen and oxygen atoms in total. The molecule has 0 aliphatic rings. The van der Waals surface area contributed by atoms with E-state index in [1.54, 1.807) is 6.92 Å². The van der Waals surface area contributed by atoms with Crippen LogP contribution in [-0.2, 0) is 9.53 Å². The molecule has 16 heavy (non-hydrogen) atoms. The molecule has 0 N–H and O–H groups in total. The standard InChI is InChI=1S/C10H11NO4S/c1-2-15-10(12)9(16)7-3-5-8(6-4-7)11(13)14/h3-6,9,16H,2H2,1H3. The first-order valence-corrected chi connectivity index (χ1v) is 5.17. The topological polar surface area (TPSA) is 69.4 Å². The summed E-state index contributed by atoms with van der Waals surface area (Å²) in [5.74, 6) is -0.459. The number of hydrogen-bond donors (Lipinski definition) is 1. The molecule has 1 aromatic carbocycles. The fraction of sp³-hybridized carbons (Fsp3) is 0.300. The molecule has 1 unspecified atom stereocenters. The molecule has 0 amide bonds. The summed E-state index contributed by atoms with van der Waals surface area (Å²) >= 11 is 4.09. The average molecular weight is 241 g/mol. The Hall–Kier alpha value is -1.56. The van der Waals surface area contributed by atoms with Crippen LogP contribution in [0.1, 0.15) is 17.7 Å². The van der Waals surface area contributed by atoms with Crippen molar-refractivity contribution >= 4 is 24.3 Å². The number of rotatable bonds is 4. The molecule has 0 saturated heterocycles. The van der Waals surface area contributed by atoms with E-state index in [0.717, 1.165) is 0 Å². The van der Waals surface area contributed by atoms with Crippen LogP contribution >= 0.6 is 12.6 Å². The molecule has 86 valence electrons.